The SMILES string of the molecule is C[C@@H]1C(=O)N(CCc2ccccc2)CC(=O)N1CC(=O)NC(C)(C)C. The van der Waals surface area contributed by atoms with Gasteiger partial charge in [0.1, 0.15) is 12.6 Å². The molecule has 1 saturated heterocycles. The summed E-state index contributed by atoms with van der Waals surface area (Å²) < 4.78 is 0. The van der Waals surface area contributed by atoms with Gasteiger partial charge in [-0.05, 0) is 39.7 Å². The maximum atomic E-state index is 12.6. The van der Waals surface area contributed by atoms with Gasteiger partial charge in [-0.15, -0.1) is 0 Å². The number of hydrogen-bond acceptors (Lipinski definition) is 3. The first-order valence-electron chi connectivity index (χ1n) is 8.60. The van der Waals surface area contributed by atoms with Gasteiger partial charge in [-0.1, -0.05) is 30.3 Å². The van der Waals surface area contributed by atoms with Crippen molar-refractivity contribution in [1.29, 1.82) is 0 Å². The zero-order chi connectivity index (χ0) is 18.6. The van der Waals surface area contributed by atoms with E-state index in [0.717, 1.165) is 5.56 Å². The fourth-order valence-electron chi connectivity index (χ4n) is 2.88. The highest BCUT2D eigenvalue weighted by Crippen LogP contribution is 2.14. The van der Waals surface area contributed by atoms with E-state index in [1.165, 1.54) is 4.90 Å². The Bertz CT molecular complexity index is 637. The zero-order valence-electron chi connectivity index (χ0n) is 15.4. The minimum absolute atomic E-state index is 0.0266. The van der Waals surface area contributed by atoms with Crippen molar-refractivity contribution < 1.29 is 14.4 Å². The van der Waals surface area contributed by atoms with Crippen molar-refractivity contribution >= 4 is 17.7 Å². The van der Waals surface area contributed by atoms with E-state index in [9.17, 15) is 14.4 Å². The van der Waals surface area contributed by atoms with E-state index in [2.05, 4.69) is 5.32 Å². The molecule has 1 fully saturated rings. The largest absolute Gasteiger partial charge is 0.350 e. The summed E-state index contributed by atoms with van der Waals surface area (Å²) in [5.41, 5.74) is 0.757. The third-order valence-corrected chi connectivity index (χ3v) is 4.12. The lowest BCUT2D eigenvalue weighted by molar-refractivity contribution is -0.156. The summed E-state index contributed by atoms with van der Waals surface area (Å²) in [5.74, 6) is -0.554. The van der Waals surface area contributed by atoms with Gasteiger partial charge in [0.25, 0.3) is 0 Å². The van der Waals surface area contributed by atoms with Crippen LogP contribution in [0.4, 0.5) is 0 Å². The summed E-state index contributed by atoms with van der Waals surface area (Å²) in [4.78, 5) is 40.0. The average Bonchev–Trinajstić information content (AvgIpc) is 2.53. The molecule has 1 aliphatic heterocycles. The molecular formula is C19H27N3O3. The van der Waals surface area contributed by atoms with Gasteiger partial charge in [0.05, 0.1) is 6.54 Å². The molecule has 136 valence electrons. The van der Waals surface area contributed by atoms with Crippen molar-refractivity contribution in [2.24, 2.45) is 0 Å². The third-order valence-electron chi connectivity index (χ3n) is 4.12. The van der Waals surface area contributed by atoms with Crippen LogP contribution < -0.4 is 5.32 Å². The summed E-state index contributed by atoms with van der Waals surface area (Å²) in [6.07, 6.45) is 0.705. The molecule has 1 aromatic carbocycles. The first-order valence-corrected chi connectivity index (χ1v) is 8.60. The lowest BCUT2D eigenvalue weighted by atomic mass is 10.1. The normalized spacial score (nSPS) is 18.5. The van der Waals surface area contributed by atoms with Crippen LogP contribution in [0.3, 0.4) is 0 Å². The predicted octanol–water partition coefficient (Wildman–Crippen LogP) is 1.20. The minimum Gasteiger partial charge on any atom is -0.350 e. The van der Waals surface area contributed by atoms with Gasteiger partial charge in [-0.3, -0.25) is 14.4 Å². The summed E-state index contributed by atoms with van der Waals surface area (Å²) in [5, 5.41) is 2.82. The van der Waals surface area contributed by atoms with Crippen molar-refractivity contribution in [2.75, 3.05) is 19.6 Å². The first kappa shape index (κ1) is 19.0. The molecule has 1 aliphatic rings. The van der Waals surface area contributed by atoms with Crippen molar-refractivity contribution in [3.8, 4) is 0 Å². The molecule has 1 heterocycles. The Morgan fingerprint density at radius 2 is 1.84 bits per heavy atom. The van der Waals surface area contributed by atoms with Gasteiger partial charge in [-0.25, -0.2) is 0 Å². The number of benzene rings is 1. The van der Waals surface area contributed by atoms with Crippen molar-refractivity contribution in [2.45, 2.75) is 45.7 Å². The lowest BCUT2D eigenvalue weighted by Gasteiger charge is -2.38. The zero-order valence-corrected chi connectivity index (χ0v) is 15.4. The van der Waals surface area contributed by atoms with Gasteiger partial charge in [0.15, 0.2) is 0 Å². The molecule has 25 heavy (non-hydrogen) atoms. The molecule has 1 atom stereocenters. The maximum Gasteiger partial charge on any atom is 0.245 e. The van der Waals surface area contributed by atoms with E-state index < -0.39 is 6.04 Å². The van der Waals surface area contributed by atoms with Crippen LogP contribution in [0.2, 0.25) is 0 Å². The summed E-state index contributed by atoms with van der Waals surface area (Å²) in [7, 11) is 0. The second-order valence-electron chi connectivity index (χ2n) is 7.49. The van der Waals surface area contributed by atoms with E-state index in [4.69, 9.17) is 0 Å². The second kappa shape index (κ2) is 7.68. The Morgan fingerprint density at radius 1 is 1.20 bits per heavy atom. The summed E-state index contributed by atoms with van der Waals surface area (Å²) in [6.45, 7) is 7.75. The second-order valence-corrected chi connectivity index (χ2v) is 7.49. The maximum absolute atomic E-state index is 12.6. The van der Waals surface area contributed by atoms with Gasteiger partial charge in [-0.2, -0.15) is 0 Å². The van der Waals surface area contributed by atoms with Gasteiger partial charge >= 0.3 is 0 Å². The smallest absolute Gasteiger partial charge is 0.245 e. The Labute approximate surface area is 149 Å². The van der Waals surface area contributed by atoms with E-state index in [1.54, 1.807) is 11.8 Å². The highest BCUT2D eigenvalue weighted by atomic mass is 16.2. The third kappa shape index (κ3) is 5.31. The molecule has 0 radical (unpaired) electrons. The van der Waals surface area contributed by atoms with Crippen LogP contribution >= 0.6 is 0 Å². The number of hydrogen-bond donors (Lipinski definition) is 1. The van der Waals surface area contributed by atoms with Gasteiger partial charge < -0.3 is 15.1 Å². The van der Waals surface area contributed by atoms with E-state index in [0.29, 0.717) is 13.0 Å². The molecule has 1 N–H and O–H groups in total. The quantitative estimate of drug-likeness (QED) is 0.872. The summed E-state index contributed by atoms with van der Waals surface area (Å²) in [6, 6.07) is 9.24. The van der Waals surface area contributed by atoms with Crippen molar-refractivity contribution in [3.63, 3.8) is 0 Å². The number of nitrogens with one attached hydrogen (secondary N) is 1. The van der Waals surface area contributed by atoms with Crippen LogP contribution in [0.5, 0.6) is 0 Å². The lowest BCUT2D eigenvalue weighted by Crippen LogP contribution is -2.61. The molecule has 6 heteroatoms. The van der Waals surface area contributed by atoms with Gasteiger partial charge in [0, 0.05) is 12.1 Å². The molecule has 3 amide bonds. The average molecular weight is 345 g/mol. The monoisotopic (exact) mass is 345 g/mol. The molecular weight excluding hydrogens is 318 g/mol. The molecule has 2 rings (SSSR count). The molecule has 0 aliphatic carbocycles. The number of carbonyl (C=O) groups is 3. The number of rotatable bonds is 5. The van der Waals surface area contributed by atoms with Crippen molar-refractivity contribution in [3.05, 3.63) is 35.9 Å². The van der Waals surface area contributed by atoms with Crippen LogP contribution in [-0.2, 0) is 20.8 Å². The first-order chi connectivity index (χ1) is 11.7. The fraction of sp³-hybridized carbons (Fsp3) is 0.526. The van der Waals surface area contributed by atoms with Crippen LogP contribution in [0.15, 0.2) is 30.3 Å². The number of amides is 3. The Hall–Kier alpha value is -2.37. The topological polar surface area (TPSA) is 69.7 Å². The van der Waals surface area contributed by atoms with Gasteiger partial charge in [0.2, 0.25) is 17.7 Å². The molecule has 1 aromatic rings. The fourth-order valence-corrected chi connectivity index (χ4v) is 2.88. The van der Waals surface area contributed by atoms with E-state index >= 15 is 0 Å². The highest BCUT2D eigenvalue weighted by Gasteiger charge is 2.37. The minimum atomic E-state index is -0.622. The van der Waals surface area contributed by atoms with E-state index in [1.807, 2.05) is 51.1 Å². The molecule has 0 unspecified atom stereocenters. The molecule has 6 nitrogen and oxygen atoms in total. The summed E-state index contributed by atoms with van der Waals surface area (Å²) >= 11 is 0. The standard InChI is InChI=1S/C19H27N3O3/c1-14-18(25)21(11-10-15-8-6-5-7-9-15)13-17(24)22(14)12-16(23)20-19(2,3)4/h5-9,14H,10-13H2,1-4H3,(H,20,23)/t14-/m1/s1. The number of nitrogens with zero attached hydrogens (tertiary/aromatic N) is 2. The number of carbonyl (C=O) groups excluding carboxylic acids is 3. The Balaban J connectivity index is 1.95. The predicted molar refractivity (Wildman–Crippen MR) is 95.8 cm³/mol. The molecule has 0 spiro atoms. The highest BCUT2D eigenvalue weighted by molar-refractivity contribution is 5.96. The number of piperazine rings is 1. The van der Waals surface area contributed by atoms with Crippen LogP contribution in [0, 0.1) is 0 Å². The Kier molecular flexibility index (Phi) is 5.82. The molecule has 0 saturated carbocycles. The van der Waals surface area contributed by atoms with E-state index in [-0.39, 0.29) is 36.3 Å². The van der Waals surface area contributed by atoms with Crippen LogP contribution in [0.1, 0.15) is 33.3 Å². The molecule has 0 bridgehead atoms. The molecule has 0 aromatic heterocycles. The Morgan fingerprint density at radius 3 is 2.44 bits per heavy atom. The van der Waals surface area contributed by atoms with Crippen LogP contribution in [0.25, 0.3) is 0 Å². The van der Waals surface area contributed by atoms with Crippen LogP contribution in [-0.4, -0.2) is 58.7 Å². The van der Waals surface area contributed by atoms with Crippen molar-refractivity contribution in [1.82, 2.24) is 15.1 Å².